The van der Waals surface area contributed by atoms with E-state index in [1.54, 1.807) is 29.7 Å². The maximum Gasteiger partial charge on any atom is 0.194 e. The zero-order chi connectivity index (χ0) is 20.5. The Morgan fingerprint density at radius 1 is 1.03 bits per heavy atom. The Bertz CT molecular complexity index is 1380. The van der Waals surface area contributed by atoms with Crippen LogP contribution in [0.15, 0.2) is 77.4 Å². The first-order chi connectivity index (χ1) is 14.7. The van der Waals surface area contributed by atoms with Crippen LogP contribution in [0.4, 0.5) is 0 Å². The lowest BCUT2D eigenvalue weighted by atomic mass is 10.0. The van der Waals surface area contributed by atoms with Crippen molar-refractivity contribution in [2.75, 3.05) is 0 Å². The van der Waals surface area contributed by atoms with E-state index in [-0.39, 0.29) is 0 Å². The number of nitrogens with zero attached hydrogens (tertiary/aromatic N) is 3. The Balaban J connectivity index is 1.49. The van der Waals surface area contributed by atoms with E-state index in [1.807, 2.05) is 40.2 Å². The fourth-order valence-electron chi connectivity index (χ4n) is 3.39. The second kappa shape index (κ2) is 8.11. The van der Waals surface area contributed by atoms with Crippen LogP contribution in [0.1, 0.15) is 11.3 Å². The molecule has 0 unspecified atom stereocenters. The zero-order valence-corrected chi connectivity index (χ0v) is 18.0. The van der Waals surface area contributed by atoms with Gasteiger partial charge in [-0.15, -0.1) is 11.3 Å². The first kappa shape index (κ1) is 19.1. The lowest BCUT2D eigenvalue weighted by Gasteiger charge is -2.05. The molecular weight excluding hydrogens is 437 g/mol. The zero-order valence-electron chi connectivity index (χ0n) is 15.6. The molecule has 7 heteroatoms. The molecule has 2 aromatic heterocycles. The average Bonchev–Trinajstić information content (AvgIpc) is 3.35. The Kier molecular flexibility index (Phi) is 5.17. The number of hydrogen-bond donors (Lipinski definition) is 0. The number of halogens is 2. The smallest absolute Gasteiger partial charge is 0.194 e. The van der Waals surface area contributed by atoms with Crippen molar-refractivity contribution in [1.82, 2.24) is 9.38 Å². The molecule has 30 heavy (non-hydrogen) atoms. The highest BCUT2D eigenvalue weighted by molar-refractivity contribution is 7.15. The van der Waals surface area contributed by atoms with Crippen molar-refractivity contribution in [2.24, 2.45) is 5.16 Å². The number of oxime groups is 1. The molecule has 5 aromatic rings. The molecule has 0 saturated heterocycles. The van der Waals surface area contributed by atoms with Crippen LogP contribution >= 0.6 is 34.5 Å². The number of imidazole rings is 1. The quantitative estimate of drug-likeness (QED) is 0.211. The number of rotatable bonds is 5. The average molecular weight is 452 g/mol. The molecule has 0 radical (unpaired) electrons. The predicted molar refractivity (Wildman–Crippen MR) is 125 cm³/mol. The number of fused-ring (bicyclic) bond motifs is 2. The van der Waals surface area contributed by atoms with E-state index in [0.717, 1.165) is 32.9 Å². The van der Waals surface area contributed by atoms with Gasteiger partial charge in [0.15, 0.2) is 4.96 Å². The standard InChI is InChI=1S/C23H15Cl2N3OS/c24-19-9-8-15(12-20(19)25)14-29-26-13-21-22(27-23-28(21)10-11-30-23)18-7-3-5-16-4-1-2-6-17(16)18/h1-13H,14H2. The molecule has 0 bridgehead atoms. The summed E-state index contributed by atoms with van der Waals surface area (Å²) in [5, 5.41) is 9.54. The molecule has 3 aromatic carbocycles. The SMILES string of the molecule is Clc1ccc(CON=Cc2c(-c3cccc4ccccc34)nc3sccn23)cc1Cl. The van der Waals surface area contributed by atoms with Gasteiger partial charge in [0.1, 0.15) is 6.61 Å². The normalized spacial score (nSPS) is 11.7. The largest absolute Gasteiger partial charge is 0.391 e. The summed E-state index contributed by atoms with van der Waals surface area (Å²) in [5.41, 5.74) is 3.71. The second-order valence-electron chi connectivity index (χ2n) is 6.68. The molecule has 0 spiro atoms. The first-order valence-corrected chi connectivity index (χ1v) is 10.9. The van der Waals surface area contributed by atoms with Crippen molar-refractivity contribution in [1.29, 1.82) is 0 Å². The number of aromatic nitrogens is 2. The van der Waals surface area contributed by atoms with Crippen LogP contribution < -0.4 is 0 Å². The highest BCUT2D eigenvalue weighted by atomic mass is 35.5. The van der Waals surface area contributed by atoms with E-state index in [0.29, 0.717) is 16.7 Å². The van der Waals surface area contributed by atoms with Crippen LogP contribution in [0.3, 0.4) is 0 Å². The minimum Gasteiger partial charge on any atom is -0.391 e. The highest BCUT2D eigenvalue weighted by Gasteiger charge is 2.15. The van der Waals surface area contributed by atoms with Crippen LogP contribution in [0, 0.1) is 0 Å². The van der Waals surface area contributed by atoms with Crippen molar-refractivity contribution in [3.8, 4) is 11.3 Å². The van der Waals surface area contributed by atoms with Crippen molar-refractivity contribution < 1.29 is 4.84 Å². The van der Waals surface area contributed by atoms with Gasteiger partial charge >= 0.3 is 0 Å². The van der Waals surface area contributed by atoms with Crippen LogP contribution in [0.25, 0.3) is 27.0 Å². The molecule has 2 heterocycles. The van der Waals surface area contributed by atoms with Gasteiger partial charge in [-0.1, -0.05) is 76.9 Å². The maximum absolute atomic E-state index is 6.06. The van der Waals surface area contributed by atoms with Crippen LogP contribution in [0.5, 0.6) is 0 Å². The Labute approximate surface area is 187 Å². The third kappa shape index (κ3) is 3.56. The van der Waals surface area contributed by atoms with Crippen LogP contribution in [0.2, 0.25) is 10.0 Å². The number of thiazole rings is 1. The summed E-state index contributed by atoms with van der Waals surface area (Å²) in [6.07, 6.45) is 3.70. The Morgan fingerprint density at radius 2 is 1.90 bits per heavy atom. The van der Waals surface area contributed by atoms with Gasteiger partial charge in [-0.2, -0.15) is 0 Å². The predicted octanol–water partition coefficient (Wildman–Crippen LogP) is 7.07. The Morgan fingerprint density at radius 3 is 2.80 bits per heavy atom. The molecule has 0 saturated carbocycles. The summed E-state index contributed by atoms with van der Waals surface area (Å²) in [6.45, 7) is 0.294. The van der Waals surface area contributed by atoms with E-state index < -0.39 is 0 Å². The lowest BCUT2D eigenvalue weighted by molar-refractivity contribution is 0.132. The van der Waals surface area contributed by atoms with Crippen molar-refractivity contribution in [2.45, 2.75) is 6.61 Å². The summed E-state index contributed by atoms with van der Waals surface area (Å²) in [6, 6.07) is 19.9. The van der Waals surface area contributed by atoms with E-state index in [2.05, 4.69) is 29.4 Å². The van der Waals surface area contributed by atoms with E-state index in [4.69, 9.17) is 33.0 Å². The van der Waals surface area contributed by atoms with Gasteiger partial charge in [0.05, 0.1) is 27.6 Å². The topological polar surface area (TPSA) is 38.9 Å². The molecule has 0 N–H and O–H groups in total. The summed E-state index contributed by atoms with van der Waals surface area (Å²) < 4.78 is 2.02. The fraction of sp³-hybridized carbons (Fsp3) is 0.0435. The monoisotopic (exact) mass is 451 g/mol. The highest BCUT2D eigenvalue weighted by Crippen LogP contribution is 2.31. The summed E-state index contributed by atoms with van der Waals surface area (Å²) >= 11 is 13.6. The molecule has 5 rings (SSSR count). The molecule has 0 aliphatic heterocycles. The molecule has 0 aliphatic carbocycles. The van der Waals surface area contributed by atoms with Crippen molar-refractivity contribution in [3.63, 3.8) is 0 Å². The third-order valence-corrected chi connectivity index (χ3v) is 6.30. The number of benzene rings is 3. The fourth-order valence-corrected chi connectivity index (χ4v) is 4.43. The van der Waals surface area contributed by atoms with Gasteiger partial charge in [0, 0.05) is 17.1 Å². The Hall–Kier alpha value is -2.86. The van der Waals surface area contributed by atoms with Gasteiger partial charge in [0.2, 0.25) is 0 Å². The van der Waals surface area contributed by atoms with Crippen LogP contribution in [-0.4, -0.2) is 15.6 Å². The summed E-state index contributed by atoms with van der Waals surface area (Å²) in [7, 11) is 0. The minimum absolute atomic E-state index is 0.294. The number of hydrogen-bond acceptors (Lipinski definition) is 4. The molecule has 4 nitrogen and oxygen atoms in total. The molecular formula is C23H15Cl2N3OS. The summed E-state index contributed by atoms with van der Waals surface area (Å²) in [5.74, 6) is 0. The first-order valence-electron chi connectivity index (χ1n) is 9.23. The molecule has 148 valence electrons. The third-order valence-electron chi connectivity index (χ3n) is 4.81. The molecule has 0 aliphatic rings. The van der Waals surface area contributed by atoms with Crippen molar-refractivity contribution >= 4 is 56.5 Å². The van der Waals surface area contributed by atoms with Gasteiger partial charge in [-0.25, -0.2) is 4.98 Å². The minimum atomic E-state index is 0.294. The van der Waals surface area contributed by atoms with Gasteiger partial charge in [-0.3, -0.25) is 4.40 Å². The summed E-state index contributed by atoms with van der Waals surface area (Å²) in [4.78, 5) is 11.3. The van der Waals surface area contributed by atoms with E-state index in [9.17, 15) is 0 Å². The molecule has 0 fully saturated rings. The van der Waals surface area contributed by atoms with E-state index in [1.165, 1.54) is 5.39 Å². The van der Waals surface area contributed by atoms with Crippen molar-refractivity contribution in [3.05, 3.63) is 93.5 Å². The molecule has 0 amide bonds. The van der Waals surface area contributed by atoms with Gasteiger partial charge < -0.3 is 4.84 Å². The van der Waals surface area contributed by atoms with Gasteiger partial charge in [0.25, 0.3) is 0 Å². The second-order valence-corrected chi connectivity index (χ2v) is 8.37. The lowest BCUT2D eigenvalue weighted by Crippen LogP contribution is -1.94. The van der Waals surface area contributed by atoms with Crippen LogP contribution in [-0.2, 0) is 11.4 Å². The van der Waals surface area contributed by atoms with Gasteiger partial charge in [-0.05, 0) is 28.5 Å². The maximum atomic E-state index is 6.06. The van der Waals surface area contributed by atoms with E-state index >= 15 is 0 Å². The molecule has 0 atom stereocenters.